The minimum Gasteiger partial charge on any atom is -0.454 e. The number of aromatic nitrogens is 1. The maximum Gasteiger partial charge on any atom is 0.243 e. The minimum absolute atomic E-state index is 0.146. The summed E-state index contributed by atoms with van der Waals surface area (Å²) < 4.78 is 11.6. The number of hydrogen-bond donors (Lipinski definition) is 2. The Morgan fingerprint density at radius 3 is 3.00 bits per heavy atom. The van der Waals surface area contributed by atoms with E-state index in [2.05, 4.69) is 21.7 Å². The summed E-state index contributed by atoms with van der Waals surface area (Å²) in [7, 11) is 0. The van der Waals surface area contributed by atoms with E-state index in [0.717, 1.165) is 15.3 Å². The van der Waals surface area contributed by atoms with Crippen LogP contribution in [0.15, 0.2) is 36.4 Å². The first-order valence-electron chi connectivity index (χ1n) is 7.48. The highest BCUT2D eigenvalue weighted by Gasteiger charge is 2.14. The van der Waals surface area contributed by atoms with E-state index < -0.39 is 0 Å². The summed E-state index contributed by atoms with van der Waals surface area (Å²) in [6.45, 7) is 2.41. The average Bonchev–Trinajstić information content (AvgIpc) is 3.18. The number of carbonyl (C=O) groups is 1. The van der Waals surface area contributed by atoms with Gasteiger partial charge in [0.05, 0.1) is 16.8 Å². The molecule has 0 unspecified atom stereocenters. The fraction of sp³-hybridized carbons (Fsp3) is 0.176. The number of rotatable bonds is 4. The maximum absolute atomic E-state index is 12.1. The number of anilines is 2. The van der Waals surface area contributed by atoms with Gasteiger partial charge in [0.15, 0.2) is 16.6 Å². The lowest BCUT2D eigenvalue weighted by molar-refractivity contribution is -0.114. The molecule has 0 aliphatic carbocycles. The molecule has 7 heteroatoms. The molecule has 1 amide bonds. The van der Waals surface area contributed by atoms with Gasteiger partial charge in [-0.2, -0.15) is 0 Å². The predicted octanol–water partition coefficient (Wildman–Crippen LogP) is 3.38. The second kappa shape index (κ2) is 6.01. The molecule has 2 aromatic carbocycles. The monoisotopic (exact) mass is 341 g/mol. The molecule has 0 radical (unpaired) electrons. The van der Waals surface area contributed by atoms with Crippen molar-refractivity contribution in [3.05, 3.63) is 42.0 Å². The van der Waals surface area contributed by atoms with Gasteiger partial charge in [-0.25, -0.2) is 4.98 Å². The highest BCUT2D eigenvalue weighted by Crippen LogP contribution is 2.34. The van der Waals surface area contributed by atoms with Gasteiger partial charge >= 0.3 is 0 Å². The van der Waals surface area contributed by atoms with Crippen molar-refractivity contribution in [2.24, 2.45) is 0 Å². The highest BCUT2D eigenvalue weighted by molar-refractivity contribution is 7.22. The van der Waals surface area contributed by atoms with Crippen LogP contribution in [0.5, 0.6) is 11.5 Å². The van der Waals surface area contributed by atoms with Crippen LogP contribution in [0.25, 0.3) is 10.2 Å². The Kier molecular flexibility index (Phi) is 3.70. The topological polar surface area (TPSA) is 72.5 Å². The van der Waals surface area contributed by atoms with Gasteiger partial charge in [0.2, 0.25) is 12.7 Å². The molecular formula is C17H15N3O3S. The molecule has 6 nitrogen and oxygen atoms in total. The Morgan fingerprint density at radius 2 is 2.08 bits per heavy atom. The van der Waals surface area contributed by atoms with Gasteiger partial charge in [0, 0.05) is 11.8 Å². The number of thiazole rings is 1. The molecule has 0 fully saturated rings. The second-order valence-corrected chi connectivity index (χ2v) is 6.49. The number of nitrogens with zero attached hydrogens (tertiary/aromatic N) is 1. The van der Waals surface area contributed by atoms with Gasteiger partial charge in [-0.3, -0.25) is 4.79 Å². The summed E-state index contributed by atoms with van der Waals surface area (Å²) in [5.41, 5.74) is 2.80. The van der Waals surface area contributed by atoms with E-state index in [-0.39, 0.29) is 19.2 Å². The lowest BCUT2D eigenvalue weighted by Gasteiger charge is -2.06. The molecule has 2 heterocycles. The van der Waals surface area contributed by atoms with Gasteiger partial charge in [0.1, 0.15) is 0 Å². The Labute approximate surface area is 142 Å². The first-order valence-corrected chi connectivity index (χ1v) is 8.29. The molecule has 3 aromatic rings. The van der Waals surface area contributed by atoms with Gasteiger partial charge in [0.25, 0.3) is 0 Å². The molecule has 0 saturated carbocycles. The van der Waals surface area contributed by atoms with Crippen molar-refractivity contribution in [1.82, 2.24) is 4.98 Å². The smallest absolute Gasteiger partial charge is 0.243 e. The number of amides is 1. The molecular weight excluding hydrogens is 326 g/mol. The van der Waals surface area contributed by atoms with Crippen molar-refractivity contribution in [2.45, 2.75) is 6.92 Å². The average molecular weight is 341 g/mol. The van der Waals surface area contributed by atoms with E-state index in [9.17, 15) is 4.79 Å². The van der Waals surface area contributed by atoms with Crippen LogP contribution in [0.3, 0.4) is 0 Å². The molecule has 0 atom stereocenters. The van der Waals surface area contributed by atoms with Gasteiger partial charge in [-0.15, -0.1) is 0 Å². The second-order valence-electron chi connectivity index (χ2n) is 5.46. The van der Waals surface area contributed by atoms with Crippen molar-refractivity contribution in [1.29, 1.82) is 0 Å². The summed E-state index contributed by atoms with van der Waals surface area (Å²) in [5, 5.41) is 6.62. The van der Waals surface area contributed by atoms with Crippen molar-refractivity contribution >= 4 is 38.3 Å². The molecule has 1 aliphatic heterocycles. The lowest BCUT2D eigenvalue weighted by atomic mass is 10.2. The van der Waals surface area contributed by atoms with Crippen LogP contribution < -0.4 is 20.1 Å². The maximum atomic E-state index is 12.1. The number of ether oxygens (including phenoxy) is 2. The van der Waals surface area contributed by atoms with Crippen LogP contribution in [0.4, 0.5) is 10.8 Å². The van der Waals surface area contributed by atoms with Crippen molar-refractivity contribution in [3.8, 4) is 11.5 Å². The normalized spacial score (nSPS) is 12.4. The van der Waals surface area contributed by atoms with Crippen molar-refractivity contribution in [3.63, 3.8) is 0 Å². The van der Waals surface area contributed by atoms with Gasteiger partial charge < -0.3 is 20.1 Å². The minimum atomic E-state index is -0.149. The molecule has 1 aliphatic rings. The SMILES string of the molecule is Cc1ccc2nc(NCC(=O)Nc3ccc4c(c3)OCO4)sc2c1. The molecule has 0 saturated heterocycles. The fourth-order valence-corrected chi connectivity index (χ4v) is 3.40. The van der Waals surface area contributed by atoms with E-state index in [4.69, 9.17) is 9.47 Å². The zero-order chi connectivity index (χ0) is 16.5. The summed E-state index contributed by atoms with van der Waals surface area (Å²) >= 11 is 1.54. The Morgan fingerprint density at radius 1 is 1.21 bits per heavy atom. The molecule has 1 aromatic heterocycles. The predicted molar refractivity (Wildman–Crippen MR) is 94.0 cm³/mol. The molecule has 2 N–H and O–H groups in total. The molecule has 4 rings (SSSR count). The third kappa shape index (κ3) is 2.98. The number of benzene rings is 2. The van der Waals surface area contributed by atoms with Crippen molar-refractivity contribution in [2.75, 3.05) is 24.0 Å². The third-order valence-corrected chi connectivity index (χ3v) is 4.58. The summed E-state index contributed by atoms with van der Waals surface area (Å²) in [6, 6.07) is 11.4. The number of carbonyl (C=O) groups excluding carboxylic acids is 1. The van der Waals surface area contributed by atoms with E-state index in [1.54, 1.807) is 18.2 Å². The van der Waals surface area contributed by atoms with Crippen LogP contribution in [0.2, 0.25) is 0 Å². The largest absolute Gasteiger partial charge is 0.454 e. The standard InChI is InChI=1S/C17H15N3O3S/c1-10-2-4-12-15(6-10)24-17(20-12)18-8-16(21)19-11-3-5-13-14(7-11)23-9-22-13/h2-7H,8-9H2,1H3,(H,18,20)(H,19,21). The number of hydrogen-bond acceptors (Lipinski definition) is 6. The molecule has 24 heavy (non-hydrogen) atoms. The molecule has 0 spiro atoms. The van der Waals surface area contributed by atoms with Crippen LogP contribution in [-0.2, 0) is 4.79 Å². The van der Waals surface area contributed by atoms with Gasteiger partial charge in [-0.05, 0) is 36.8 Å². The molecule has 0 bridgehead atoms. The van der Waals surface area contributed by atoms with E-state index in [1.165, 1.54) is 16.9 Å². The fourth-order valence-electron chi connectivity index (χ4n) is 2.44. The summed E-state index contributed by atoms with van der Waals surface area (Å²) in [4.78, 5) is 16.6. The van der Waals surface area contributed by atoms with E-state index >= 15 is 0 Å². The number of aryl methyl sites for hydroxylation is 1. The Bertz CT molecular complexity index is 923. The summed E-state index contributed by atoms with van der Waals surface area (Å²) in [5.74, 6) is 1.18. The first kappa shape index (κ1) is 14.8. The Balaban J connectivity index is 1.39. The Hall–Kier alpha value is -2.80. The zero-order valence-corrected chi connectivity index (χ0v) is 13.8. The van der Waals surface area contributed by atoms with Crippen LogP contribution in [0, 0.1) is 6.92 Å². The lowest BCUT2D eigenvalue weighted by Crippen LogP contribution is -2.21. The van der Waals surface area contributed by atoms with Crippen LogP contribution in [0.1, 0.15) is 5.56 Å². The number of fused-ring (bicyclic) bond motifs is 2. The van der Waals surface area contributed by atoms with E-state index in [1.807, 2.05) is 19.1 Å². The van der Waals surface area contributed by atoms with Crippen LogP contribution >= 0.6 is 11.3 Å². The van der Waals surface area contributed by atoms with Crippen LogP contribution in [-0.4, -0.2) is 24.2 Å². The summed E-state index contributed by atoms with van der Waals surface area (Å²) in [6.07, 6.45) is 0. The third-order valence-electron chi connectivity index (χ3n) is 3.60. The first-order chi connectivity index (χ1) is 11.7. The van der Waals surface area contributed by atoms with E-state index in [0.29, 0.717) is 17.2 Å². The zero-order valence-electron chi connectivity index (χ0n) is 13.0. The molecule has 122 valence electrons. The van der Waals surface area contributed by atoms with Gasteiger partial charge in [-0.1, -0.05) is 17.4 Å². The quantitative estimate of drug-likeness (QED) is 0.761. The highest BCUT2D eigenvalue weighted by atomic mass is 32.1. The van der Waals surface area contributed by atoms with Crippen molar-refractivity contribution < 1.29 is 14.3 Å². The number of nitrogens with one attached hydrogen (secondary N) is 2.